The van der Waals surface area contributed by atoms with Crippen molar-refractivity contribution in [2.75, 3.05) is 16.8 Å². The molecule has 1 aliphatic carbocycles. The Labute approximate surface area is 180 Å². The van der Waals surface area contributed by atoms with Crippen molar-refractivity contribution in [1.82, 2.24) is 5.32 Å². The summed E-state index contributed by atoms with van der Waals surface area (Å²) in [6.07, 6.45) is 4.56. The van der Waals surface area contributed by atoms with E-state index in [-0.39, 0.29) is 30.2 Å². The summed E-state index contributed by atoms with van der Waals surface area (Å²) < 4.78 is 0. The van der Waals surface area contributed by atoms with E-state index >= 15 is 0 Å². The van der Waals surface area contributed by atoms with Gasteiger partial charge in [-0.2, -0.15) is 0 Å². The van der Waals surface area contributed by atoms with Crippen LogP contribution >= 0.6 is 11.6 Å². The number of rotatable bonds is 5. The van der Waals surface area contributed by atoms with E-state index in [1.807, 2.05) is 0 Å². The van der Waals surface area contributed by atoms with Crippen molar-refractivity contribution < 1.29 is 14.4 Å². The van der Waals surface area contributed by atoms with Crippen LogP contribution in [0, 0.1) is 5.92 Å². The van der Waals surface area contributed by atoms with E-state index in [0.29, 0.717) is 22.8 Å². The average Bonchev–Trinajstić information content (AvgIpc) is 3.39. The molecule has 0 radical (unpaired) electrons. The molecule has 1 heterocycles. The second-order valence-electron chi connectivity index (χ2n) is 7.90. The lowest BCUT2D eigenvalue weighted by Gasteiger charge is -2.17. The Bertz CT molecular complexity index is 937. The van der Waals surface area contributed by atoms with E-state index in [2.05, 4.69) is 10.6 Å². The number of carbonyl (C=O) groups is 3. The Balaban J connectivity index is 1.34. The van der Waals surface area contributed by atoms with Gasteiger partial charge < -0.3 is 15.5 Å². The second kappa shape index (κ2) is 8.88. The van der Waals surface area contributed by atoms with Crippen molar-refractivity contribution in [3.63, 3.8) is 0 Å². The third-order valence-corrected chi connectivity index (χ3v) is 5.99. The Morgan fingerprint density at radius 2 is 1.63 bits per heavy atom. The Morgan fingerprint density at radius 3 is 2.30 bits per heavy atom. The zero-order valence-electron chi connectivity index (χ0n) is 16.6. The van der Waals surface area contributed by atoms with Gasteiger partial charge in [0, 0.05) is 41.0 Å². The fraction of sp³-hybridized carbons (Fsp3) is 0.348. The minimum atomic E-state index is -0.432. The van der Waals surface area contributed by atoms with Gasteiger partial charge in [-0.05, 0) is 61.4 Å². The first kappa shape index (κ1) is 20.4. The van der Waals surface area contributed by atoms with Crippen molar-refractivity contribution in [1.29, 1.82) is 0 Å². The van der Waals surface area contributed by atoms with Crippen molar-refractivity contribution in [3.8, 4) is 0 Å². The molecule has 4 rings (SSSR count). The predicted octanol–water partition coefficient (Wildman–Crippen LogP) is 4.00. The van der Waals surface area contributed by atoms with Crippen LogP contribution in [0.4, 0.5) is 11.4 Å². The first-order valence-corrected chi connectivity index (χ1v) is 10.6. The quantitative estimate of drug-likeness (QED) is 0.759. The van der Waals surface area contributed by atoms with E-state index in [1.165, 1.54) is 0 Å². The second-order valence-corrected chi connectivity index (χ2v) is 8.34. The van der Waals surface area contributed by atoms with E-state index in [0.717, 1.165) is 31.4 Å². The summed E-state index contributed by atoms with van der Waals surface area (Å²) in [6.45, 7) is 0.328. The van der Waals surface area contributed by atoms with Crippen molar-refractivity contribution >= 4 is 40.7 Å². The molecule has 2 N–H and O–H groups in total. The van der Waals surface area contributed by atoms with Crippen LogP contribution in [0.1, 0.15) is 42.5 Å². The summed E-state index contributed by atoms with van der Waals surface area (Å²) in [5, 5.41) is 6.50. The molecule has 30 heavy (non-hydrogen) atoms. The molecule has 1 aliphatic heterocycles. The molecular formula is C23H24ClN3O3. The average molecular weight is 426 g/mol. The third kappa shape index (κ3) is 4.65. The van der Waals surface area contributed by atoms with Gasteiger partial charge >= 0.3 is 0 Å². The number of nitrogens with one attached hydrogen (secondary N) is 2. The van der Waals surface area contributed by atoms with Gasteiger partial charge in [0.15, 0.2) is 0 Å². The zero-order valence-corrected chi connectivity index (χ0v) is 17.3. The molecule has 1 saturated heterocycles. The highest BCUT2D eigenvalue weighted by molar-refractivity contribution is 6.30. The molecule has 2 aromatic rings. The molecule has 1 unspecified atom stereocenters. The van der Waals surface area contributed by atoms with E-state index in [4.69, 9.17) is 11.6 Å². The highest BCUT2D eigenvalue weighted by Crippen LogP contribution is 2.27. The van der Waals surface area contributed by atoms with Crippen molar-refractivity contribution in [2.24, 2.45) is 5.92 Å². The maximum Gasteiger partial charge on any atom is 0.251 e. The number of hydrogen-bond donors (Lipinski definition) is 2. The SMILES string of the molecule is O=C(NC1CCCC1)c1ccc(NC(=O)C2CC(=O)N(c3ccc(Cl)cc3)C2)cc1. The number of amides is 3. The lowest BCUT2D eigenvalue weighted by atomic mass is 10.1. The smallest absolute Gasteiger partial charge is 0.251 e. The normalized spacial score (nSPS) is 19.2. The van der Waals surface area contributed by atoms with Gasteiger partial charge in [0.1, 0.15) is 0 Å². The summed E-state index contributed by atoms with van der Waals surface area (Å²) in [4.78, 5) is 38.9. The molecule has 0 bridgehead atoms. The minimum absolute atomic E-state index is 0.0835. The monoisotopic (exact) mass is 425 g/mol. The van der Waals surface area contributed by atoms with Gasteiger partial charge in [-0.1, -0.05) is 24.4 Å². The Hall–Kier alpha value is -2.86. The maximum absolute atomic E-state index is 12.6. The molecule has 6 nitrogen and oxygen atoms in total. The molecule has 156 valence electrons. The molecule has 0 spiro atoms. The number of benzene rings is 2. The first-order valence-electron chi connectivity index (χ1n) is 10.3. The lowest BCUT2D eigenvalue weighted by Crippen LogP contribution is -2.32. The fourth-order valence-electron chi connectivity index (χ4n) is 4.04. The standard InChI is InChI=1S/C23H24ClN3O3/c24-17-7-11-20(12-8-17)27-14-16(13-21(27)28)23(30)26-19-9-5-15(6-10-19)22(29)25-18-3-1-2-4-18/h5-12,16,18H,1-4,13-14H2,(H,25,29)(H,26,30). The van der Waals surface area contributed by atoms with Crippen LogP contribution in [0.15, 0.2) is 48.5 Å². The molecule has 7 heteroatoms. The van der Waals surface area contributed by atoms with Crippen LogP contribution < -0.4 is 15.5 Å². The van der Waals surface area contributed by atoms with E-state index < -0.39 is 5.92 Å². The van der Waals surface area contributed by atoms with Gasteiger partial charge in [0.2, 0.25) is 11.8 Å². The van der Waals surface area contributed by atoms with Crippen molar-refractivity contribution in [2.45, 2.75) is 38.1 Å². The summed E-state index contributed by atoms with van der Waals surface area (Å²) >= 11 is 5.90. The Morgan fingerprint density at radius 1 is 0.967 bits per heavy atom. The number of carbonyl (C=O) groups excluding carboxylic acids is 3. The van der Waals surface area contributed by atoms with Gasteiger partial charge in [0.05, 0.1) is 5.92 Å². The first-order chi connectivity index (χ1) is 14.5. The van der Waals surface area contributed by atoms with Gasteiger partial charge in [-0.15, -0.1) is 0 Å². The molecule has 2 aliphatic rings. The number of nitrogens with zero attached hydrogens (tertiary/aromatic N) is 1. The van der Waals surface area contributed by atoms with Crippen LogP contribution in [0.25, 0.3) is 0 Å². The lowest BCUT2D eigenvalue weighted by molar-refractivity contribution is -0.122. The number of halogens is 1. The van der Waals surface area contributed by atoms with Gasteiger partial charge in [-0.25, -0.2) is 0 Å². The molecule has 2 fully saturated rings. The Kier molecular flexibility index (Phi) is 6.04. The summed E-state index contributed by atoms with van der Waals surface area (Å²) in [7, 11) is 0. The molecule has 2 aromatic carbocycles. The van der Waals surface area contributed by atoms with E-state index in [9.17, 15) is 14.4 Å². The minimum Gasteiger partial charge on any atom is -0.349 e. The predicted molar refractivity (Wildman–Crippen MR) is 117 cm³/mol. The van der Waals surface area contributed by atoms with Crippen molar-refractivity contribution in [3.05, 3.63) is 59.1 Å². The largest absolute Gasteiger partial charge is 0.349 e. The summed E-state index contributed by atoms with van der Waals surface area (Å²) in [5.41, 5.74) is 1.91. The zero-order chi connectivity index (χ0) is 21.1. The topological polar surface area (TPSA) is 78.5 Å². The van der Waals surface area contributed by atoms with Crippen LogP contribution in [0.5, 0.6) is 0 Å². The number of hydrogen-bond acceptors (Lipinski definition) is 3. The van der Waals surface area contributed by atoms with E-state index in [1.54, 1.807) is 53.4 Å². The van der Waals surface area contributed by atoms with Crippen LogP contribution in [0.2, 0.25) is 5.02 Å². The highest BCUT2D eigenvalue weighted by Gasteiger charge is 2.35. The highest BCUT2D eigenvalue weighted by atomic mass is 35.5. The summed E-state index contributed by atoms with van der Waals surface area (Å²) in [6, 6.07) is 14.1. The molecule has 3 amide bonds. The summed E-state index contributed by atoms with van der Waals surface area (Å²) in [5.74, 6) is -0.808. The van der Waals surface area contributed by atoms with Crippen LogP contribution in [-0.2, 0) is 9.59 Å². The maximum atomic E-state index is 12.6. The molecule has 0 aromatic heterocycles. The third-order valence-electron chi connectivity index (χ3n) is 5.74. The van der Waals surface area contributed by atoms with Gasteiger partial charge in [0.25, 0.3) is 5.91 Å². The van der Waals surface area contributed by atoms with Crippen LogP contribution in [0.3, 0.4) is 0 Å². The molecule has 1 atom stereocenters. The number of anilines is 2. The van der Waals surface area contributed by atoms with Crippen LogP contribution in [-0.4, -0.2) is 30.3 Å². The fourth-order valence-corrected chi connectivity index (χ4v) is 4.17. The molecular weight excluding hydrogens is 402 g/mol. The van der Waals surface area contributed by atoms with Gasteiger partial charge in [-0.3, -0.25) is 14.4 Å². The molecule has 1 saturated carbocycles.